The van der Waals surface area contributed by atoms with Crippen LogP contribution in [0.1, 0.15) is 477 Å². The summed E-state index contributed by atoms with van der Waals surface area (Å²) in [5.41, 5.74) is 0. The number of unbranched alkanes of at least 4 members (excludes halogenated alkanes) is 62. The van der Waals surface area contributed by atoms with Gasteiger partial charge in [0.2, 0.25) is 0 Å². The first-order valence-corrected chi connectivity index (χ1v) is 48.3. The summed E-state index contributed by atoms with van der Waals surface area (Å²) in [6.45, 7) is 5.07. The topological polar surface area (TPSA) is 237 Å². The molecule has 0 rings (SSSR count). The van der Waals surface area contributed by atoms with Gasteiger partial charge in [-0.15, -0.1) is 0 Å². The number of phosphoric ester groups is 2. The summed E-state index contributed by atoms with van der Waals surface area (Å²) in [5, 5.41) is 10.7. The lowest BCUT2D eigenvalue weighted by Gasteiger charge is -2.21. The van der Waals surface area contributed by atoms with Crippen LogP contribution >= 0.6 is 15.6 Å². The van der Waals surface area contributed by atoms with E-state index in [0.29, 0.717) is 25.7 Å². The minimum absolute atomic E-state index is 0.109. The third-order valence-corrected chi connectivity index (χ3v) is 22.5. The summed E-state index contributed by atoms with van der Waals surface area (Å²) in [6.07, 6.45) is 76.4. The van der Waals surface area contributed by atoms with Gasteiger partial charge in [0.25, 0.3) is 0 Å². The molecule has 0 aliphatic carbocycles. The van der Waals surface area contributed by atoms with E-state index in [0.717, 1.165) is 89.9 Å². The van der Waals surface area contributed by atoms with Crippen molar-refractivity contribution < 1.29 is 80.2 Å². The van der Waals surface area contributed by atoms with Gasteiger partial charge in [0, 0.05) is 25.7 Å². The molecule has 0 aromatic heterocycles. The molecule has 0 radical (unpaired) electrons. The predicted octanol–water partition coefficient (Wildman–Crippen LogP) is 26.9. The van der Waals surface area contributed by atoms with Crippen LogP contribution in [-0.4, -0.2) is 96.7 Å². The Labute approximate surface area is 651 Å². The standard InChI is InChI=1S/C87H170O17P2/c1-5-9-13-17-21-25-29-33-35-37-39-40-41-42-44-46-50-54-58-62-66-70-74-87(92)104-83(78-98-85(90)72-68-64-60-56-52-49-45-43-38-36-34-30-26-22-18-14-10-6-2)80-102-106(95,96)100-76-81(88)75-99-105(93,94)101-79-82(103-86(91)73-69-65-61-57-53-48-32-28-24-20-16-12-8-4)77-97-84(89)71-67-63-59-55-51-47-31-27-23-19-15-11-7-3/h81-83,88H,5-80H2,1-4H3,(H,93,94)(H,95,96)/t81-,82+,83+/m0/s1. The van der Waals surface area contributed by atoms with E-state index >= 15 is 0 Å². The third-order valence-electron chi connectivity index (χ3n) is 20.6. The van der Waals surface area contributed by atoms with Crippen LogP contribution < -0.4 is 0 Å². The second-order valence-electron chi connectivity index (χ2n) is 31.3. The first-order chi connectivity index (χ1) is 51.7. The van der Waals surface area contributed by atoms with Crippen LogP contribution in [0.15, 0.2) is 0 Å². The molecule has 0 saturated carbocycles. The fourth-order valence-corrected chi connectivity index (χ4v) is 15.3. The Morgan fingerprint density at radius 2 is 0.377 bits per heavy atom. The van der Waals surface area contributed by atoms with E-state index in [1.54, 1.807) is 0 Å². The number of rotatable bonds is 88. The third kappa shape index (κ3) is 80.1. The van der Waals surface area contributed by atoms with E-state index in [9.17, 15) is 43.2 Å². The quantitative estimate of drug-likeness (QED) is 0.0222. The molecule has 0 fully saturated rings. The summed E-state index contributed by atoms with van der Waals surface area (Å²) in [4.78, 5) is 73.3. The highest BCUT2D eigenvalue weighted by Crippen LogP contribution is 2.45. The van der Waals surface area contributed by atoms with E-state index < -0.39 is 97.5 Å². The summed E-state index contributed by atoms with van der Waals surface area (Å²) < 4.78 is 68.9. The zero-order valence-electron chi connectivity index (χ0n) is 69.4. The van der Waals surface area contributed by atoms with Gasteiger partial charge in [-0.05, 0) is 25.7 Å². The maximum atomic E-state index is 13.2. The Bertz CT molecular complexity index is 2000. The van der Waals surface area contributed by atoms with Crippen molar-refractivity contribution in [1.29, 1.82) is 0 Å². The van der Waals surface area contributed by atoms with Crippen molar-refractivity contribution in [3.8, 4) is 0 Å². The van der Waals surface area contributed by atoms with Crippen LogP contribution in [0.4, 0.5) is 0 Å². The number of hydrogen-bond acceptors (Lipinski definition) is 15. The maximum absolute atomic E-state index is 13.2. The lowest BCUT2D eigenvalue weighted by Crippen LogP contribution is -2.30. The first kappa shape index (κ1) is 104. The van der Waals surface area contributed by atoms with Gasteiger partial charge in [-0.3, -0.25) is 37.3 Å². The number of aliphatic hydroxyl groups is 1. The summed E-state index contributed by atoms with van der Waals surface area (Å²) in [7, 11) is -9.93. The average Bonchev–Trinajstić information content (AvgIpc) is 0.917. The van der Waals surface area contributed by atoms with E-state index in [1.807, 2.05) is 0 Å². The Morgan fingerprint density at radius 3 is 0.557 bits per heavy atom. The molecule has 106 heavy (non-hydrogen) atoms. The van der Waals surface area contributed by atoms with E-state index in [2.05, 4.69) is 27.7 Å². The van der Waals surface area contributed by atoms with E-state index in [-0.39, 0.29) is 25.7 Å². The minimum Gasteiger partial charge on any atom is -0.462 e. The Hall–Kier alpha value is -1.94. The Morgan fingerprint density at radius 1 is 0.226 bits per heavy atom. The number of esters is 4. The van der Waals surface area contributed by atoms with Gasteiger partial charge in [-0.1, -0.05) is 426 Å². The second-order valence-corrected chi connectivity index (χ2v) is 34.2. The molecule has 0 saturated heterocycles. The molecule has 0 amide bonds. The van der Waals surface area contributed by atoms with E-state index in [1.165, 1.54) is 308 Å². The van der Waals surface area contributed by atoms with Crippen LogP contribution in [-0.2, 0) is 65.4 Å². The van der Waals surface area contributed by atoms with Gasteiger partial charge in [0.05, 0.1) is 26.4 Å². The van der Waals surface area contributed by atoms with Gasteiger partial charge < -0.3 is 33.8 Å². The van der Waals surface area contributed by atoms with Crippen LogP contribution in [0.25, 0.3) is 0 Å². The molecule has 3 N–H and O–H groups in total. The largest absolute Gasteiger partial charge is 0.472 e. The zero-order chi connectivity index (χ0) is 77.4. The fraction of sp³-hybridized carbons (Fsp3) is 0.954. The molecule has 0 aliphatic heterocycles. The SMILES string of the molecule is CCCCCCCCCCCCCCCCCCCCCCCCC(=O)O[C@H](COC(=O)CCCCCCCCCCCCCCCCCCCC)COP(=O)(O)OC[C@@H](O)COP(=O)(O)OC[C@@H](COC(=O)CCCCCCCCCCCCCCC)OC(=O)CCCCCCCCCCCCCCC. The number of ether oxygens (including phenoxy) is 4. The molecule has 0 bridgehead atoms. The Kier molecular flexibility index (Phi) is 79.6. The molecule has 0 spiro atoms. The lowest BCUT2D eigenvalue weighted by molar-refractivity contribution is -0.161. The summed E-state index contributed by atoms with van der Waals surface area (Å²) >= 11 is 0. The minimum atomic E-state index is -4.97. The maximum Gasteiger partial charge on any atom is 0.472 e. The highest BCUT2D eigenvalue weighted by molar-refractivity contribution is 7.47. The van der Waals surface area contributed by atoms with Crippen LogP contribution in [0.2, 0.25) is 0 Å². The number of carbonyl (C=O) groups is 4. The Balaban J connectivity index is 5.23. The molecular weight excluding hydrogens is 1380 g/mol. The average molecular weight is 1550 g/mol. The first-order valence-electron chi connectivity index (χ1n) is 45.3. The predicted molar refractivity (Wildman–Crippen MR) is 437 cm³/mol. The van der Waals surface area contributed by atoms with Crippen molar-refractivity contribution in [2.24, 2.45) is 0 Å². The molecule has 2 unspecified atom stereocenters. The molecule has 5 atom stereocenters. The van der Waals surface area contributed by atoms with Crippen molar-refractivity contribution >= 4 is 39.5 Å². The molecule has 17 nitrogen and oxygen atoms in total. The molecule has 0 aliphatic rings. The van der Waals surface area contributed by atoms with Crippen LogP contribution in [0, 0.1) is 0 Å². The van der Waals surface area contributed by atoms with Crippen molar-refractivity contribution in [2.45, 2.75) is 495 Å². The van der Waals surface area contributed by atoms with Crippen LogP contribution in [0.3, 0.4) is 0 Å². The monoisotopic (exact) mass is 1550 g/mol. The normalized spacial score (nSPS) is 13.7. The van der Waals surface area contributed by atoms with E-state index in [4.69, 9.17) is 37.0 Å². The number of carbonyl (C=O) groups excluding carboxylic acids is 4. The summed E-state index contributed by atoms with van der Waals surface area (Å²) in [6, 6.07) is 0. The zero-order valence-corrected chi connectivity index (χ0v) is 71.2. The van der Waals surface area contributed by atoms with Gasteiger partial charge in [0.15, 0.2) is 12.2 Å². The summed E-state index contributed by atoms with van der Waals surface area (Å²) in [5.74, 6) is -2.09. The lowest BCUT2D eigenvalue weighted by atomic mass is 10.0. The van der Waals surface area contributed by atoms with Gasteiger partial charge in [-0.25, -0.2) is 9.13 Å². The number of hydrogen-bond donors (Lipinski definition) is 3. The van der Waals surface area contributed by atoms with Crippen molar-refractivity contribution in [3.63, 3.8) is 0 Å². The molecule has 0 heterocycles. The second kappa shape index (κ2) is 81.1. The molecular formula is C87H170O17P2. The van der Waals surface area contributed by atoms with Gasteiger partial charge >= 0.3 is 39.5 Å². The smallest absolute Gasteiger partial charge is 0.462 e. The van der Waals surface area contributed by atoms with Crippen molar-refractivity contribution in [3.05, 3.63) is 0 Å². The number of phosphoric acid groups is 2. The highest BCUT2D eigenvalue weighted by atomic mass is 31.2. The van der Waals surface area contributed by atoms with Crippen molar-refractivity contribution in [1.82, 2.24) is 0 Å². The van der Waals surface area contributed by atoms with Crippen LogP contribution in [0.5, 0.6) is 0 Å². The van der Waals surface area contributed by atoms with Crippen molar-refractivity contribution in [2.75, 3.05) is 39.6 Å². The molecule has 630 valence electrons. The molecule has 0 aromatic carbocycles. The molecule has 0 aromatic rings. The molecule has 19 heteroatoms. The van der Waals surface area contributed by atoms with Gasteiger partial charge in [-0.2, -0.15) is 0 Å². The fourth-order valence-electron chi connectivity index (χ4n) is 13.7. The highest BCUT2D eigenvalue weighted by Gasteiger charge is 2.30. The van der Waals surface area contributed by atoms with Gasteiger partial charge in [0.1, 0.15) is 19.3 Å². The number of aliphatic hydroxyl groups excluding tert-OH is 1.